The molecule has 1 amide bonds. The molecule has 0 aliphatic heterocycles. The van der Waals surface area contributed by atoms with Gasteiger partial charge in [-0.1, -0.05) is 50.6 Å². The van der Waals surface area contributed by atoms with Crippen LogP contribution in [0.3, 0.4) is 0 Å². The van der Waals surface area contributed by atoms with Crippen molar-refractivity contribution in [2.45, 2.75) is 58.4 Å². The number of nitrogens with two attached hydrogens (primary N) is 1. The molecule has 0 fully saturated rings. The van der Waals surface area contributed by atoms with Gasteiger partial charge in [0.15, 0.2) is 0 Å². The third-order valence-electron chi connectivity index (χ3n) is 3.76. The Balaban J connectivity index is 0.00000441. The van der Waals surface area contributed by atoms with Crippen molar-refractivity contribution in [3.8, 4) is 0 Å². The Labute approximate surface area is 141 Å². The molecule has 4 heteroatoms. The Morgan fingerprint density at radius 2 is 1.86 bits per heavy atom. The van der Waals surface area contributed by atoms with Crippen molar-refractivity contribution in [1.29, 1.82) is 0 Å². The van der Waals surface area contributed by atoms with E-state index in [9.17, 15) is 4.79 Å². The number of hydrogen-bond acceptors (Lipinski definition) is 2. The molecular weight excluding hydrogens is 296 g/mol. The number of hydrogen-bond donors (Lipinski definition) is 1. The van der Waals surface area contributed by atoms with Gasteiger partial charge in [0.1, 0.15) is 0 Å². The molecule has 0 radical (unpaired) electrons. The minimum Gasteiger partial charge on any atom is -0.339 e. The smallest absolute Gasteiger partial charge is 0.222 e. The summed E-state index contributed by atoms with van der Waals surface area (Å²) >= 11 is 0. The molecule has 1 atom stereocenters. The molecule has 0 aliphatic rings. The molecule has 1 aromatic carbocycles. The molecule has 0 aliphatic carbocycles. The van der Waals surface area contributed by atoms with Gasteiger partial charge in [-0.3, -0.25) is 4.79 Å². The highest BCUT2D eigenvalue weighted by Crippen LogP contribution is 2.16. The van der Waals surface area contributed by atoms with Crippen molar-refractivity contribution < 1.29 is 4.79 Å². The molecule has 1 unspecified atom stereocenters. The zero-order valence-electron chi connectivity index (χ0n) is 14.0. The number of nitrogens with zero attached hydrogens (tertiary/aromatic N) is 1. The fourth-order valence-corrected chi connectivity index (χ4v) is 2.74. The van der Waals surface area contributed by atoms with Crippen LogP contribution < -0.4 is 5.73 Å². The fraction of sp³-hybridized carbons (Fsp3) is 0.611. The Morgan fingerprint density at radius 1 is 1.18 bits per heavy atom. The first-order valence-electron chi connectivity index (χ1n) is 8.26. The summed E-state index contributed by atoms with van der Waals surface area (Å²) < 4.78 is 0. The third-order valence-corrected chi connectivity index (χ3v) is 3.76. The van der Waals surface area contributed by atoms with E-state index < -0.39 is 0 Å². The summed E-state index contributed by atoms with van der Waals surface area (Å²) in [6, 6.07) is 10.8. The average molecular weight is 327 g/mol. The first kappa shape index (κ1) is 20.9. The summed E-state index contributed by atoms with van der Waals surface area (Å²) in [5.74, 6) is 0.261. The van der Waals surface area contributed by atoms with Crippen LogP contribution in [0.15, 0.2) is 30.3 Å². The monoisotopic (exact) mass is 326 g/mol. The number of carbonyl (C=O) groups excluding carboxylic acids is 1. The topological polar surface area (TPSA) is 46.3 Å². The maximum absolute atomic E-state index is 12.5. The van der Waals surface area contributed by atoms with E-state index in [4.69, 9.17) is 5.73 Å². The van der Waals surface area contributed by atoms with Crippen LogP contribution in [0.2, 0.25) is 0 Å². The SMILES string of the molecule is CCCC(Cc1ccccc1)N(CCC)C(=O)CCCN.Cl. The number of halogens is 1. The largest absolute Gasteiger partial charge is 0.339 e. The highest BCUT2D eigenvalue weighted by Gasteiger charge is 2.22. The molecule has 1 rings (SSSR count). The third kappa shape index (κ3) is 7.28. The van der Waals surface area contributed by atoms with E-state index in [1.807, 2.05) is 6.07 Å². The molecule has 0 bridgehead atoms. The van der Waals surface area contributed by atoms with Gasteiger partial charge in [0.05, 0.1) is 0 Å². The number of rotatable bonds is 10. The van der Waals surface area contributed by atoms with Crippen molar-refractivity contribution >= 4 is 18.3 Å². The van der Waals surface area contributed by atoms with Gasteiger partial charge in [-0.15, -0.1) is 12.4 Å². The van der Waals surface area contributed by atoms with E-state index in [0.717, 1.165) is 38.6 Å². The van der Waals surface area contributed by atoms with E-state index in [0.29, 0.717) is 19.0 Å². The van der Waals surface area contributed by atoms with Gasteiger partial charge in [-0.2, -0.15) is 0 Å². The predicted molar refractivity (Wildman–Crippen MR) is 96.4 cm³/mol. The molecule has 126 valence electrons. The highest BCUT2D eigenvalue weighted by molar-refractivity contribution is 5.85. The summed E-state index contributed by atoms with van der Waals surface area (Å²) in [6.45, 7) is 5.75. The summed E-state index contributed by atoms with van der Waals surface area (Å²) in [6.07, 6.45) is 5.46. The van der Waals surface area contributed by atoms with E-state index >= 15 is 0 Å². The van der Waals surface area contributed by atoms with E-state index in [2.05, 4.69) is 43.0 Å². The molecule has 3 nitrogen and oxygen atoms in total. The lowest BCUT2D eigenvalue weighted by molar-refractivity contribution is -0.133. The van der Waals surface area contributed by atoms with Crippen LogP contribution in [0.5, 0.6) is 0 Å². The standard InChI is InChI=1S/C18H30N2O.ClH/c1-3-9-17(15-16-10-6-5-7-11-16)20(14-4-2)18(21)12-8-13-19;/h5-7,10-11,17H,3-4,8-9,12-15,19H2,1-2H3;1H. The summed E-state index contributed by atoms with van der Waals surface area (Å²) in [5.41, 5.74) is 6.85. The molecule has 2 N–H and O–H groups in total. The lowest BCUT2D eigenvalue weighted by atomic mass is 9.99. The van der Waals surface area contributed by atoms with Gasteiger partial charge in [0, 0.05) is 19.0 Å². The van der Waals surface area contributed by atoms with Crippen molar-refractivity contribution in [2.24, 2.45) is 5.73 Å². The molecule has 1 aromatic rings. The van der Waals surface area contributed by atoms with Crippen LogP contribution in [0.25, 0.3) is 0 Å². The minimum absolute atomic E-state index is 0. The van der Waals surface area contributed by atoms with Gasteiger partial charge in [0.2, 0.25) is 5.91 Å². The van der Waals surface area contributed by atoms with Crippen molar-refractivity contribution in [2.75, 3.05) is 13.1 Å². The number of carbonyl (C=O) groups is 1. The second-order valence-corrected chi connectivity index (χ2v) is 5.61. The predicted octanol–water partition coefficient (Wildman–Crippen LogP) is 3.80. The normalized spacial score (nSPS) is 11.6. The van der Waals surface area contributed by atoms with Crippen molar-refractivity contribution in [3.63, 3.8) is 0 Å². The van der Waals surface area contributed by atoms with Crippen LogP contribution >= 0.6 is 12.4 Å². The molecular formula is C18H31ClN2O. The highest BCUT2D eigenvalue weighted by atomic mass is 35.5. The second-order valence-electron chi connectivity index (χ2n) is 5.61. The first-order chi connectivity index (χ1) is 10.2. The Morgan fingerprint density at radius 3 is 2.41 bits per heavy atom. The Kier molecular flexibility index (Phi) is 11.9. The molecule has 22 heavy (non-hydrogen) atoms. The van der Waals surface area contributed by atoms with Crippen LogP contribution in [0.4, 0.5) is 0 Å². The molecule has 0 saturated carbocycles. The summed E-state index contributed by atoms with van der Waals surface area (Å²) in [5, 5.41) is 0. The number of benzene rings is 1. The first-order valence-corrected chi connectivity index (χ1v) is 8.26. The fourth-order valence-electron chi connectivity index (χ4n) is 2.74. The van der Waals surface area contributed by atoms with Gasteiger partial charge in [-0.25, -0.2) is 0 Å². The molecule has 0 saturated heterocycles. The van der Waals surface area contributed by atoms with Crippen molar-refractivity contribution in [3.05, 3.63) is 35.9 Å². The van der Waals surface area contributed by atoms with E-state index in [1.54, 1.807) is 0 Å². The lowest BCUT2D eigenvalue weighted by Crippen LogP contribution is -2.42. The number of amides is 1. The Bertz CT molecular complexity index is 397. The maximum Gasteiger partial charge on any atom is 0.222 e. The quantitative estimate of drug-likeness (QED) is 0.711. The van der Waals surface area contributed by atoms with Crippen LogP contribution in [-0.2, 0) is 11.2 Å². The maximum atomic E-state index is 12.5. The van der Waals surface area contributed by atoms with Gasteiger partial charge < -0.3 is 10.6 Å². The van der Waals surface area contributed by atoms with Crippen LogP contribution in [-0.4, -0.2) is 29.9 Å². The molecule has 0 aromatic heterocycles. The van der Waals surface area contributed by atoms with Gasteiger partial charge in [-0.05, 0) is 37.8 Å². The zero-order chi connectivity index (χ0) is 15.5. The lowest BCUT2D eigenvalue weighted by Gasteiger charge is -2.32. The van der Waals surface area contributed by atoms with E-state index in [1.165, 1.54) is 5.56 Å². The zero-order valence-corrected chi connectivity index (χ0v) is 14.8. The Hall–Kier alpha value is -1.06. The molecule has 0 heterocycles. The van der Waals surface area contributed by atoms with Crippen LogP contribution in [0.1, 0.15) is 51.5 Å². The van der Waals surface area contributed by atoms with Crippen LogP contribution in [0, 0.1) is 0 Å². The van der Waals surface area contributed by atoms with Gasteiger partial charge in [0.25, 0.3) is 0 Å². The average Bonchev–Trinajstić information content (AvgIpc) is 2.51. The van der Waals surface area contributed by atoms with E-state index in [-0.39, 0.29) is 18.3 Å². The second kappa shape index (κ2) is 12.5. The molecule has 0 spiro atoms. The minimum atomic E-state index is 0. The summed E-state index contributed by atoms with van der Waals surface area (Å²) in [4.78, 5) is 14.6. The van der Waals surface area contributed by atoms with Crippen molar-refractivity contribution in [1.82, 2.24) is 4.90 Å². The summed E-state index contributed by atoms with van der Waals surface area (Å²) in [7, 11) is 0. The van der Waals surface area contributed by atoms with Gasteiger partial charge >= 0.3 is 0 Å².